The smallest absolute Gasteiger partial charge is 0.327 e. The number of halogens is 2. The number of fused-ring (bicyclic) bond motifs is 1. The van der Waals surface area contributed by atoms with Crippen LogP contribution in [0.2, 0.25) is 0 Å². The average molecular weight is 556 g/mol. The van der Waals surface area contributed by atoms with Gasteiger partial charge in [0, 0.05) is 64.0 Å². The van der Waals surface area contributed by atoms with Gasteiger partial charge in [-0.15, -0.1) is 0 Å². The third-order valence-corrected chi connectivity index (χ3v) is 8.17. The zero-order chi connectivity index (χ0) is 28.4. The van der Waals surface area contributed by atoms with Crippen molar-refractivity contribution < 1.29 is 18.4 Å². The summed E-state index contributed by atoms with van der Waals surface area (Å²) >= 11 is 0. The molecule has 10 nitrogen and oxygen atoms in total. The molecule has 4 heterocycles. The summed E-state index contributed by atoms with van der Waals surface area (Å²) in [6.07, 6.45) is 3.87. The number of aromatic nitrogens is 3. The van der Waals surface area contributed by atoms with Gasteiger partial charge >= 0.3 is 17.8 Å². The van der Waals surface area contributed by atoms with Crippen molar-refractivity contribution in [2.45, 2.75) is 50.6 Å². The van der Waals surface area contributed by atoms with Gasteiger partial charge in [0.25, 0.3) is 0 Å². The maximum atomic E-state index is 14.7. The van der Waals surface area contributed by atoms with Crippen molar-refractivity contribution in [2.24, 2.45) is 0 Å². The van der Waals surface area contributed by atoms with Crippen LogP contribution in [0.1, 0.15) is 50.1 Å². The van der Waals surface area contributed by atoms with Crippen LogP contribution in [0.25, 0.3) is 11.2 Å². The van der Waals surface area contributed by atoms with Crippen LogP contribution in [0.4, 0.5) is 18.4 Å². The number of carbonyl (C=O) groups is 2. The normalized spacial score (nSPS) is 20.4. The number of carbonyl (C=O) groups excluding carboxylic acids is 2. The molecule has 2 aliphatic heterocycles. The molecule has 0 saturated carbocycles. The van der Waals surface area contributed by atoms with Gasteiger partial charge in [-0.25, -0.2) is 28.1 Å². The molecule has 0 unspecified atom stereocenters. The van der Waals surface area contributed by atoms with Crippen molar-refractivity contribution in [2.75, 3.05) is 39.8 Å². The SMILES string of the molecule is CCN(C)C(=O)N1C[C@H](NC(=O)N2CCC(n3c(=O)[nH]c4ncccc43)CC2)CC[C@@H](c2cccc(F)c2F)C1. The number of piperidine rings is 1. The van der Waals surface area contributed by atoms with E-state index in [1.807, 2.05) is 13.0 Å². The fourth-order valence-corrected chi connectivity index (χ4v) is 5.85. The van der Waals surface area contributed by atoms with Crippen molar-refractivity contribution >= 4 is 23.2 Å². The van der Waals surface area contributed by atoms with Crippen LogP contribution >= 0.6 is 0 Å². The predicted molar refractivity (Wildman–Crippen MR) is 146 cm³/mol. The van der Waals surface area contributed by atoms with E-state index in [2.05, 4.69) is 15.3 Å². The van der Waals surface area contributed by atoms with Gasteiger partial charge in [-0.1, -0.05) is 12.1 Å². The Balaban J connectivity index is 1.26. The van der Waals surface area contributed by atoms with E-state index in [0.717, 1.165) is 11.6 Å². The highest BCUT2D eigenvalue weighted by Crippen LogP contribution is 2.30. The minimum atomic E-state index is -0.912. The summed E-state index contributed by atoms with van der Waals surface area (Å²) in [5.41, 5.74) is 1.33. The summed E-state index contributed by atoms with van der Waals surface area (Å²) in [6.45, 7) is 3.81. The second-order valence-electron chi connectivity index (χ2n) is 10.7. The zero-order valence-corrected chi connectivity index (χ0v) is 22.8. The Morgan fingerprint density at radius 3 is 2.60 bits per heavy atom. The number of urea groups is 2. The summed E-state index contributed by atoms with van der Waals surface area (Å²) in [5.74, 6) is -2.20. The van der Waals surface area contributed by atoms with E-state index in [9.17, 15) is 23.2 Å². The number of hydrogen-bond donors (Lipinski definition) is 2. The molecule has 0 spiro atoms. The summed E-state index contributed by atoms with van der Waals surface area (Å²) in [6, 6.07) is 6.93. The van der Waals surface area contributed by atoms with Gasteiger partial charge < -0.3 is 20.0 Å². The van der Waals surface area contributed by atoms with E-state index in [1.165, 1.54) is 6.07 Å². The summed E-state index contributed by atoms with van der Waals surface area (Å²) in [4.78, 5) is 50.9. The van der Waals surface area contributed by atoms with Crippen LogP contribution in [0, 0.1) is 11.6 Å². The van der Waals surface area contributed by atoms with Crippen molar-refractivity contribution in [1.29, 1.82) is 0 Å². The lowest BCUT2D eigenvalue weighted by atomic mass is 9.93. The maximum absolute atomic E-state index is 14.7. The maximum Gasteiger partial charge on any atom is 0.327 e. The van der Waals surface area contributed by atoms with Crippen LogP contribution < -0.4 is 11.0 Å². The molecule has 2 aromatic heterocycles. The topological polar surface area (TPSA) is 107 Å². The van der Waals surface area contributed by atoms with Gasteiger partial charge in [-0.05, 0) is 56.4 Å². The highest BCUT2D eigenvalue weighted by molar-refractivity contribution is 5.76. The molecule has 2 fully saturated rings. The molecule has 2 atom stereocenters. The lowest BCUT2D eigenvalue weighted by Gasteiger charge is -2.34. The van der Waals surface area contributed by atoms with Crippen LogP contribution in [-0.4, -0.2) is 87.1 Å². The average Bonchev–Trinajstić information content (AvgIpc) is 3.16. The first-order valence-corrected chi connectivity index (χ1v) is 13.8. The minimum absolute atomic E-state index is 0.0491. The second kappa shape index (κ2) is 11.6. The lowest BCUT2D eigenvalue weighted by molar-refractivity contribution is 0.153. The van der Waals surface area contributed by atoms with E-state index < -0.39 is 17.6 Å². The molecule has 214 valence electrons. The lowest BCUT2D eigenvalue weighted by Crippen LogP contribution is -2.52. The van der Waals surface area contributed by atoms with Gasteiger partial charge in [-0.2, -0.15) is 0 Å². The van der Waals surface area contributed by atoms with Crippen LogP contribution in [0.15, 0.2) is 41.3 Å². The Labute approximate surface area is 231 Å². The zero-order valence-electron chi connectivity index (χ0n) is 22.8. The highest BCUT2D eigenvalue weighted by atomic mass is 19.2. The van der Waals surface area contributed by atoms with Gasteiger partial charge in [0.2, 0.25) is 0 Å². The summed E-state index contributed by atoms with van der Waals surface area (Å²) in [5, 5.41) is 3.08. The van der Waals surface area contributed by atoms with E-state index in [0.29, 0.717) is 51.0 Å². The molecule has 2 aliphatic rings. The number of nitrogens with zero attached hydrogens (tertiary/aromatic N) is 5. The van der Waals surface area contributed by atoms with Gasteiger partial charge in [0.1, 0.15) is 0 Å². The molecule has 4 amide bonds. The molecule has 3 aromatic rings. The Hall–Kier alpha value is -3.96. The van der Waals surface area contributed by atoms with E-state index in [-0.39, 0.29) is 48.5 Å². The first-order chi connectivity index (χ1) is 19.3. The first-order valence-electron chi connectivity index (χ1n) is 13.8. The number of H-pyrrole nitrogens is 1. The second-order valence-corrected chi connectivity index (χ2v) is 10.7. The van der Waals surface area contributed by atoms with E-state index in [1.54, 1.807) is 44.6 Å². The number of aromatic amines is 1. The molecule has 2 saturated heterocycles. The molecular weight excluding hydrogens is 520 g/mol. The van der Waals surface area contributed by atoms with Crippen LogP contribution in [-0.2, 0) is 0 Å². The number of imidazole rings is 1. The van der Waals surface area contributed by atoms with Gasteiger partial charge in [0.15, 0.2) is 17.3 Å². The van der Waals surface area contributed by atoms with Crippen LogP contribution in [0.5, 0.6) is 0 Å². The van der Waals surface area contributed by atoms with Crippen molar-refractivity contribution in [3.05, 3.63) is 64.2 Å². The number of amides is 4. The van der Waals surface area contributed by atoms with Crippen molar-refractivity contribution in [1.82, 2.24) is 34.6 Å². The molecule has 2 N–H and O–H groups in total. The molecule has 0 radical (unpaired) electrons. The third-order valence-electron chi connectivity index (χ3n) is 8.17. The number of nitrogens with one attached hydrogen (secondary N) is 2. The number of hydrogen-bond acceptors (Lipinski definition) is 4. The molecule has 0 aliphatic carbocycles. The Bertz CT molecular complexity index is 1430. The minimum Gasteiger partial charge on any atom is -0.333 e. The highest BCUT2D eigenvalue weighted by Gasteiger charge is 2.33. The number of benzene rings is 1. The molecule has 1 aromatic carbocycles. The summed E-state index contributed by atoms with van der Waals surface area (Å²) in [7, 11) is 1.69. The van der Waals surface area contributed by atoms with Gasteiger partial charge in [0.05, 0.1) is 5.52 Å². The fraction of sp³-hybridized carbons (Fsp3) is 0.500. The van der Waals surface area contributed by atoms with E-state index in [4.69, 9.17) is 0 Å². The number of likely N-dealkylation sites (tertiary alicyclic amines) is 2. The molecule has 40 heavy (non-hydrogen) atoms. The largest absolute Gasteiger partial charge is 0.333 e. The third kappa shape index (κ3) is 5.52. The Kier molecular flexibility index (Phi) is 8.04. The molecule has 5 rings (SSSR count). The predicted octanol–water partition coefficient (Wildman–Crippen LogP) is 3.67. The molecule has 12 heteroatoms. The van der Waals surface area contributed by atoms with Crippen molar-refractivity contribution in [3.63, 3.8) is 0 Å². The Morgan fingerprint density at radius 1 is 1.07 bits per heavy atom. The van der Waals surface area contributed by atoms with Gasteiger partial charge in [-0.3, -0.25) is 9.55 Å². The molecule has 0 bridgehead atoms. The quantitative estimate of drug-likeness (QED) is 0.512. The molecular formula is C28H35F2N7O3. The Morgan fingerprint density at radius 2 is 1.85 bits per heavy atom. The number of pyridine rings is 1. The fourth-order valence-electron chi connectivity index (χ4n) is 5.85. The number of rotatable bonds is 4. The van der Waals surface area contributed by atoms with Crippen molar-refractivity contribution in [3.8, 4) is 0 Å². The first kappa shape index (κ1) is 27.6. The van der Waals surface area contributed by atoms with E-state index >= 15 is 0 Å². The van der Waals surface area contributed by atoms with Crippen LogP contribution in [0.3, 0.4) is 0 Å². The monoisotopic (exact) mass is 555 g/mol. The standard InChI is InChI=1S/C28H35F2N7O3/c1-3-34(2)28(40)36-16-18(21-6-4-7-22(29)24(21)30)9-10-19(17-36)32-26(38)35-14-11-20(12-15-35)37-23-8-5-13-31-25(23)33-27(37)39/h4-8,13,18-20H,3,9-12,14-17H2,1-2H3,(H,32,38)(H,31,33,39)/t18-,19-/m1/s1. The summed E-state index contributed by atoms with van der Waals surface area (Å²) < 4.78 is 30.4.